The van der Waals surface area contributed by atoms with Gasteiger partial charge in [-0.1, -0.05) is 0 Å². The van der Waals surface area contributed by atoms with E-state index in [1.807, 2.05) is 0 Å². The Morgan fingerprint density at radius 3 is 3.10 bits per heavy atom. The van der Waals surface area contributed by atoms with Crippen LogP contribution in [0.3, 0.4) is 0 Å². The number of ketones is 1. The van der Waals surface area contributed by atoms with Crippen molar-refractivity contribution in [1.82, 2.24) is 4.98 Å². The molecule has 2 nitrogen and oxygen atoms in total. The lowest BCUT2D eigenvalue weighted by Gasteiger charge is -1.77. The van der Waals surface area contributed by atoms with Gasteiger partial charge in [-0.15, -0.1) is 11.3 Å². The Balaban J connectivity index is 2.64. The van der Waals surface area contributed by atoms with Gasteiger partial charge in [0, 0.05) is 11.1 Å². The molecule has 3 heteroatoms. The zero-order chi connectivity index (χ0) is 7.40. The van der Waals surface area contributed by atoms with Crippen molar-refractivity contribution in [2.24, 2.45) is 0 Å². The summed E-state index contributed by atoms with van der Waals surface area (Å²) in [4.78, 5) is 15.3. The predicted octanol–water partition coefficient (Wildman–Crippen LogP) is 1.75. The van der Waals surface area contributed by atoms with E-state index < -0.39 is 0 Å². The van der Waals surface area contributed by atoms with E-state index in [4.69, 9.17) is 0 Å². The van der Waals surface area contributed by atoms with Crippen LogP contribution in [0.2, 0.25) is 0 Å². The normalized spacial score (nSPS) is 10.5. The molecule has 0 N–H and O–H groups in total. The molecule has 1 rings (SSSR count). The monoisotopic (exact) mass is 153 g/mol. The Bertz CT molecular complexity index is 238. The molecule has 0 radical (unpaired) electrons. The van der Waals surface area contributed by atoms with E-state index in [2.05, 4.69) is 4.98 Å². The Labute approximate surface area is 63.2 Å². The maximum atomic E-state index is 10.4. The smallest absolute Gasteiger partial charge is 0.152 e. The van der Waals surface area contributed by atoms with Crippen molar-refractivity contribution in [3.05, 3.63) is 22.7 Å². The first-order chi connectivity index (χ1) is 4.79. The second-order valence-electron chi connectivity index (χ2n) is 1.85. The van der Waals surface area contributed by atoms with Crippen LogP contribution in [0.4, 0.5) is 0 Å². The SMILES string of the molecule is CC(=O)C=Cc1cncs1. The zero-order valence-corrected chi connectivity index (χ0v) is 6.39. The zero-order valence-electron chi connectivity index (χ0n) is 5.57. The van der Waals surface area contributed by atoms with E-state index in [1.54, 1.807) is 17.8 Å². The fourth-order valence-corrected chi connectivity index (χ4v) is 1.02. The number of carbonyl (C=O) groups is 1. The quantitative estimate of drug-likeness (QED) is 0.606. The number of hydrogen-bond acceptors (Lipinski definition) is 3. The molecule has 0 unspecified atom stereocenters. The molecule has 0 fully saturated rings. The molecule has 0 amide bonds. The minimum atomic E-state index is 0.0633. The van der Waals surface area contributed by atoms with Crippen molar-refractivity contribution in [2.75, 3.05) is 0 Å². The lowest BCUT2D eigenvalue weighted by atomic mass is 10.4. The van der Waals surface area contributed by atoms with Crippen LogP contribution in [0.25, 0.3) is 6.08 Å². The first kappa shape index (κ1) is 7.15. The van der Waals surface area contributed by atoms with Crippen molar-refractivity contribution < 1.29 is 4.79 Å². The van der Waals surface area contributed by atoms with Gasteiger partial charge < -0.3 is 0 Å². The molecular formula is C7H7NOS. The molecule has 0 saturated heterocycles. The summed E-state index contributed by atoms with van der Waals surface area (Å²) in [5, 5.41) is 0. The number of allylic oxidation sites excluding steroid dienone is 1. The molecule has 0 aromatic carbocycles. The highest BCUT2D eigenvalue weighted by Crippen LogP contribution is 2.06. The van der Waals surface area contributed by atoms with Crippen molar-refractivity contribution in [3.63, 3.8) is 0 Å². The molecule has 0 saturated carbocycles. The van der Waals surface area contributed by atoms with Gasteiger partial charge in [-0.2, -0.15) is 0 Å². The van der Waals surface area contributed by atoms with Crippen molar-refractivity contribution in [3.8, 4) is 0 Å². The highest BCUT2D eigenvalue weighted by atomic mass is 32.1. The minimum absolute atomic E-state index is 0.0633. The summed E-state index contributed by atoms with van der Waals surface area (Å²) in [6.45, 7) is 1.53. The van der Waals surface area contributed by atoms with E-state index in [0.717, 1.165) is 4.88 Å². The number of hydrogen-bond donors (Lipinski definition) is 0. The number of thiazole rings is 1. The summed E-state index contributed by atoms with van der Waals surface area (Å²) < 4.78 is 0. The van der Waals surface area contributed by atoms with Crippen LogP contribution in [0.15, 0.2) is 17.8 Å². The predicted molar refractivity (Wildman–Crippen MR) is 41.8 cm³/mol. The number of rotatable bonds is 2. The summed E-state index contributed by atoms with van der Waals surface area (Å²) >= 11 is 1.51. The van der Waals surface area contributed by atoms with E-state index in [-0.39, 0.29) is 5.78 Å². The fourth-order valence-electron chi connectivity index (χ4n) is 0.507. The topological polar surface area (TPSA) is 30.0 Å². The second-order valence-corrected chi connectivity index (χ2v) is 2.77. The minimum Gasteiger partial charge on any atom is -0.295 e. The van der Waals surface area contributed by atoms with Gasteiger partial charge >= 0.3 is 0 Å². The summed E-state index contributed by atoms with van der Waals surface area (Å²) in [7, 11) is 0. The average Bonchev–Trinajstić information content (AvgIpc) is 2.34. The molecule has 0 aliphatic carbocycles. The summed E-state index contributed by atoms with van der Waals surface area (Å²) in [5.41, 5.74) is 1.74. The van der Waals surface area contributed by atoms with Crippen molar-refractivity contribution >= 4 is 23.2 Å². The Kier molecular flexibility index (Phi) is 2.34. The third-order valence-corrected chi connectivity index (χ3v) is 1.67. The van der Waals surface area contributed by atoms with Crippen LogP contribution in [0.5, 0.6) is 0 Å². The van der Waals surface area contributed by atoms with Crippen LogP contribution in [-0.4, -0.2) is 10.8 Å². The first-order valence-corrected chi connectivity index (χ1v) is 3.74. The Hall–Kier alpha value is -0.960. The number of aromatic nitrogens is 1. The lowest BCUT2D eigenvalue weighted by molar-refractivity contribution is -0.112. The number of nitrogens with zero attached hydrogens (tertiary/aromatic N) is 1. The molecular weight excluding hydrogens is 146 g/mol. The van der Waals surface area contributed by atoms with Gasteiger partial charge in [0.05, 0.1) is 5.51 Å². The molecule has 0 aliphatic heterocycles. The van der Waals surface area contributed by atoms with Crippen LogP contribution in [0.1, 0.15) is 11.8 Å². The summed E-state index contributed by atoms with van der Waals surface area (Å²) in [6, 6.07) is 0. The second kappa shape index (κ2) is 3.27. The Morgan fingerprint density at radius 2 is 2.60 bits per heavy atom. The van der Waals surface area contributed by atoms with Gasteiger partial charge in [-0.05, 0) is 19.1 Å². The average molecular weight is 153 g/mol. The maximum Gasteiger partial charge on any atom is 0.152 e. The fraction of sp³-hybridized carbons (Fsp3) is 0.143. The van der Waals surface area contributed by atoms with Crippen LogP contribution < -0.4 is 0 Å². The van der Waals surface area contributed by atoms with Crippen molar-refractivity contribution in [2.45, 2.75) is 6.92 Å². The molecule has 1 heterocycles. The number of carbonyl (C=O) groups excluding carboxylic acids is 1. The largest absolute Gasteiger partial charge is 0.295 e. The van der Waals surface area contributed by atoms with Crippen LogP contribution >= 0.6 is 11.3 Å². The maximum absolute atomic E-state index is 10.4. The molecule has 0 atom stereocenters. The van der Waals surface area contributed by atoms with Crippen LogP contribution in [-0.2, 0) is 4.79 Å². The molecule has 1 aromatic rings. The molecule has 0 bridgehead atoms. The van der Waals surface area contributed by atoms with Crippen molar-refractivity contribution in [1.29, 1.82) is 0 Å². The molecule has 52 valence electrons. The van der Waals surface area contributed by atoms with E-state index in [1.165, 1.54) is 24.3 Å². The summed E-state index contributed by atoms with van der Waals surface area (Å²) in [5.74, 6) is 0.0633. The van der Waals surface area contributed by atoms with Gasteiger partial charge in [-0.3, -0.25) is 9.78 Å². The Morgan fingerprint density at radius 1 is 1.80 bits per heavy atom. The van der Waals surface area contributed by atoms with E-state index in [0.29, 0.717) is 0 Å². The third kappa shape index (κ3) is 2.11. The van der Waals surface area contributed by atoms with Gasteiger partial charge in [-0.25, -0.2) is 0 Å². The first-order valence-electron chi connectivity index (χ1n) is 2.86. The van der Waals surface area contributed by atoms with E-state index in [9.17, 15) is 4.79 Å². The van der Waals surface area contributed by atoms with Gasteiger partial charge in [0.25, 0.3) is 0 Å². The van der Waals surface area contributed by atoms with E-state index >= 15 is 0 Å². The summed E-state index contributed by atoms with van der Waals surface area (Å²) in [6.07, 6.45) is 5.03. The molecule has 10 heavy (non-hydrogen) atoms. The molecule has 0 aliphatic rings. The lowest BCUT2D eigenvalue weighted by Crippen LogP contribution is -1.77. The highest BCUT2D eigenvalue weighted by molar-refractivity contribution is 7.10. The molecule has 1 aromatic heterocycles. The highest BCUT2D eigenvalue weighted by Gasteiger charge is 1.86. The third-order valence-electron chi connectivity index (χ3n) is 0.934. The van der Waals surface area contributed by atoms with Gasteiger partial charge in [0.15, 0.2) is 5.78 Å². The molecule has 0 spiro atoms. The van der Waals surface area contributed by atoms with Gasteiger partial charge in [0.2, 0.25) is 0 Å². The van der Waals surface area contributed by atoms with Crippen LogP contribution in [0, 0.1) is 0 Å². The van der Waals surface area contributed by atoms with Gasteiger partial charge in [0.1, 0.15) is 0 Å². The standard InChI is InChI=1S/C7H7NOS/c1-6(9)2-3-7-4-8-5-10-7/h2-5H,1H3.